The molecule has 140 valence electrons. The molecule has 0 aromatic heterocycles. The lowest BCUT2D eigenvalue weighted by molar-refractivity contribution is -0.191. The van der Waals surface area contributed by atoms with Crippen molar-refractivity contribution in [3.63, 3.8) is 0 Å². The highest BCUT2D eigenvalue weighted by molar-refractivity contribution is 7.58. The van der Waals surface area contributed by atoms with Crippen LogP contribution in [-0.4, -0.2) is 46.5 Å². The minimum Gasteiger partial charge on any atom is -0.481 e. The molecule has 10 heteroatoms. The molecular formula is C15H22NO8P. The molecule has 0 heterocycles. The van der Waals surface area contributed by atoms with E-state index in [1.165, 1.54) is 12.1 Å². The summed E-state index contributed by atoms with van der Waals surface area (Å²) in [6.45, 7) is 3.17. The molecule has 9 nitrogen and oxygen atoms in total. The molecule has 1 rings (SSSR count). The smallest absolute Gasteiger partial charge is 0.373 e. The van der Waals surface area contributed by atoms with Crippen LogP contribution in [0.5, 0.6) is 5.75 Å². The topological polar surface area (TPSA) is 164 Å². The first-order valence-electron chi connectivity index (χ1n) is 7.25. The SMILES string of the molecule is Cc1cc(C(O)P(=O)(O)CCCN)cc(C)c1OCC(=O)O.O=C=O. The summed E-state index contributed by atoms with van der Waals surface area (Å²) in [7, 11) is -3.77. The van der Waals surface area contributed by atoms with Crippen molar-refractivity contribution in [2.45, 2.75) is 26.1 Å². The number of carboxylic acids is 1. The first kappa shape index (κ1) is 23.0. The van der Waals surface area contributed by atoms with Gasteiger partial charge < -0.3 is 25.6 Å². The molecule has 0 aliphatic rings. The molecule has 0 saturated carbocycles. The Bertz CT molecular complexity index is 646. The van der Waals surface area contributed by atoms with Crippen LogP contribution in [-0.2, 0) is 18.9 Å². The van der Waals surface area contributed by atoms with Crippen LogP contribution in [0.25, 0.3) is 0 Å². The van der Waals surface area contributed by atoms with E-state index in [9.17, 15) is 19.4 Å². The van der Waals surface area contributed by atoms with Gasteiger partial charge in [-0.3, -0.25) is 4.57 Å². The highest BCUT2D eigenvalue weighted by Gasteiger charge is 2.30. The van der Waals surface area contributed by atoms with Gasteiger partial charge in [0.2, 0.25) is 7.37 Å². The molecule has 2 atom stereocenters. The van der Waals surface area contributed by atoms with Crippen molar-refractivity contribution in [1.29, 1.82) is 0 Å². The Hall–Kier alpha value is -2.02. The fourth-order valence-electron chi connectivity index (χ4n) is 2.17. The number of carbonyl (C=O) groups is 1. The van der Waals surface area contributed by atoms with Gasteiger partial charge in [-0.2, -0.15) is 9.59 Å². The third-order valence-electron chi connectivity index (χ3n) is 3.19. The Labute approximate surface area is 144 Å². The molecule has 0 radical (unpaired) electrons. The molecule has 1 aromatic carbocycles. The molecular weight excluding hydrogens is 353 g/mol. The lowest BCUT2D eigenvalue weighted by atomic mass is 10.1. The van der Waals surface area contributed by atoms with Gasteiger partial charge >= 0.3 is 12.1 Å². The lowest BCUT2D eigenvalue weighted by Crippen LogP contribution is -2.12. The van der Waals surface area contributed by atoms with E-state index >= 15 is 0 Å². The Balaban J connectivity index is 0.00000178. The zero-order valence-electron chi connectivity index (χ0n) is 14.0. The summed E-state index contributed by atoms with van der Waals surface area (Å²) >= 11 is 0. The number of nitrogens with two attached hydrogens (primary N) is 1. The molecule has 0 spiro atoms. The summed E-state index contributed by atoms with van der Waals surface area (Å²) in [4.78, 5) is 36.7. The van der Waals surface area contributed by atoms with Gasteiger partial charge in [0.1, 0.15) is 5.75 Å². The third-order valence-corrected chi connectivity index (χ3v) is 5.21. The van der Waals surface area contributed by atoms with Crippen LogP contribution >= 0.6 is 7.37 Å². The van der Waals surface area contributed by atoms with Crippen LogP contribution in [0.2, 0.25) is 0 Å². The van der Waals surface area contributed by atoms with Crippen molar-refractivity contribution in [1.82, 2.24) is 0 Å². The van der Waals surface area contributed by atoms with Crippen molar-refractivity contribution in [2.75, 3.05) is 19.3 Å². The normalized spacial score (nSPS) is 13.6. The predicted octanol–water partition coefficient (Wildman–Crippen LogP) is 0.793. The molecule has 0 aliphatic heterocycles. The number of aliphatic hydroxyl groups excluding tert-OH is 1. The Kier molecular flexibility index (Phi) is 9.89. The highest BCUT2D eigenvalue weighted by atomic mass is 31.2. The van der Waals surface area contributed by atoms with E-state index in [1.54, 1.807) is 13.8 Å². The van der Waals surface area contributed by atoms with Gasteiger partial charge in [0.25, 0.3) is 0 Å². The van der Waals surface area contributed by atoms with E-state index in [-0.39, 0.29) is 18.9 Å². The third kappa shape index (κ3) is 7.60. The average molecular weight is 375 g/mol. The average Bonchev–Trinajstić information content (AvgIpc) is 2.51. The van der Waals surface area contributed by atoms with Crippen molar-refractivity contribution in [3.8, 4) is 5.75 Å². The number of hydrogen-bond donors (Lipinski definition) is 4. The molecule has 0 amide bonds. The van der Waals surface area contributed by atoms with Crippen molar-refractivity contribution in [2.24, 2.45) is 5.73 Å². The Morgan fingerprint density at radius 1 is 1.32 bits per heavy atom. The monoisotopic (exact) mass is 375 g/mol. The van der Waals surface area contributed by atoms with E-state index < -0.39 is 25.8 Å². The van der Waals surface area contributed by atoms with Gasteiger partial charge in [0, 0.05) is 6.16 Å². The molecule has 5 N–H and O–H groups in total. The zero-order chi connectivity index (χ0) is 19.6. The van der Waals surface area contributed by atoms with Crippen LogP contribution in [0.15, 0.2) is 12.1 Å². The molecule has 0 saturated heterocycles. The van der Waals surface area contributed by atoms with Gasteiger partial charge in [-0.1, -0.05) is 0 Å². The minimum atomic E-state index is -3.77. The standard InChI is InChI=1S/C14H22NO6P.CO2/c1-9-6-11(14(18)22(19,20)5-3-4-15)7-10(2)13(9)21-8-12(16)17;2-1-3/h6-7,14,18H,3-5,8,15H2,1-2H3,(H,16,17)(H,19,20);. The van der Waals surface area contributed by atoms with Crippen molar-refractivity contribution < 1.29 is 38.8 Å². The van der Waals surface area contributed by atoms with Crippen molar-refractivity contribution >= 4 is 19.5 Å². The Morgan fingerprint density at radius 2 is 1.80 bits per heavy atom. The number of ether oxygens (including phenoxy) is 1. The lowest BCUT2D eigenvalue weighted by Gasteiger charge is -2.20. The second-order valence-corrected chi connectivity index (χ2v) is 7.69. The first-order chi connectivity index (χ1) is 11.6. The van der Waals surface area contributed by atoms with Gasteiger partial charge in [-0.15, -0.1) is 0 Å². The number of aryl methyl sites for hydroxylation is 2. The van der Waals surface area contributed by atoms with Gasteiger partial charge in [0.15, 0.2) is 12.5 Å². The van der Waals surface area contributed by atoms with Crippen LogP contribution in [0, 0.1) is 13.8 Å². The molecule has 25 heavy (non-hydrogen) atoms. The largest absolute Gasteiger partial charge is 0.481 e. The summed E-state index contributed by atoms with van der Waals surface area (Å²) in [5.41, 5.74) is 6.81. The summed E-state index contributed by atoms with van der Waals surface area (Å²) in [5.74, 6) is -2.19. The van der Waals surface area contributed by atoms with Crippen LogP contribution in [0.4, 0.5) is 0 Å². The number of aliphatic carboxylic acids is 1. The summed E-state index contributed by atoms with van der Waals surface area (Å²) < 4.78 is 17.3. The fraction of sp³-hybridized carbons (Fsp3) is 0.467. The quantitative estimate of drug-likeness (QED) is 0.481. The highest BCUT2D eigenvalue weighted by Crippen LogP contribution is 2.54. The van der Waals surface area contributed by atoms with Crippen LogP contribution in [0.3, 0.4) is 0 Å². The maximum Gasteiger partial charge on any atom is 0.373 e. The van der Waals surface area contributed by atoms with Gasteiger partial charge in [-0.25, -0.2) is 4.79 Å². The van der Waals surface area contributed by atoms with Crippen LogP contribution < -0.4 is 10.5 Å². The first-order valence-corrected chi connectivity index (χ1v) is 9.16. The molecule has 1 aromatic rings. The number of carboxylic acid groups (broad SMARTS) is 1. The number of aliphatic hydroxyl groups is 1. The predicted molar refractivity (Wildman–Crippen MR) is 87.4 cm³/mol. The van der Waals surface area contributed by atoms with Gasteiger partial charge in [0.05, 0.1) is 0 Å². The number of carbonyl (C=O) groups excluding carboxylic acids is 2. The molecule has 0 bridgehead atoms. The summed E-state index contributed by atoms with van der Waals surface area (Å²) in [6.07, 6.45) is 0.544. The van der Waals surface area contributed by atoms with E-state index in [1.807, 2.05) is 0 Å². The summed E-state index contributed by atoms with van der Waals surface area (Å²) in [5, 5.41) is 18.8. The van der Waals surface area contributed by atoms with E-state index in [4.69, 9.17) is 25.2 Å². The molecule has 2 unspecified atom stereocenters. The maximum absolute atomic E-state index is 12.1. The van der Waals surface area contributed by atoms with E-state index in [2.05, 4.69) is 0 Å². The van der Waals surface area contributed by atoms with E-state index in [0.29, 0.717) is 28.9 Å². The fourth-order valence-corrected chi connectivity index (χ4v) is 3.66. The number of rotatable bonds is 8. The van der Waals surface area contributed by atoms with E-state index in [0.717, 1.165) is 0 Å². The van der Waals surface area contributed by atoms with Gasteiger partial charge in [-0.05, 0) is 55.6 Å². The molecule has 0 aliphatic carbocycles. The Morgan fingerprint density at radius 3 is 2.20 bits per heavy atom. The summed E-state index contributed by atoms with van der Waals surface area (Å²) in [6, 6.07) is 3.06. The maximum atomic E-state index is 12.1. The second-order valence-electron chi connectivity index (χ2n) is 5.24. The van der Waals surface area contributed by atoms with Crippen molar-refractivity contribution in [3.05, 3.63) is 28.8 Å². The second kappa shape index (κ2) is 10.8. The van der Waals surface area contributed by atoms with Crippen LogP contribution in [0.1, 0.15) is 29.0 Å². The number of benzene rings is 1. The molecule has 0 fully saturated rings. The number of hydrogen-bond acceptors (Lipinski definition) is 7. The minimum absolute atomic E-state index is 0.0555. The zero-order valence-corrected chi connectivity index (χ0v) is 14.9.